The fourth-order valence-electron chi connectivity index (χ4n) is 0.541. The molecular weight excluding hydrogens is 152 g/mol. The Morgan fingerprint density at radius 2 is 2.08 bits per heavy atom. The Hall–Kier alpha value is -1.02. The van der Waals surface area contributed by atoms with E-state index >= 15 is 0 Å². The summed E-state index contributed by atoms with van der Waals surface area (Å²) in [6, 6.07) is 0. The molecule has 0 saturated heterocycles. The molecule has 0 amide bonds. The fraction of sp³-hybridized carbons (Fsp3) is 0.400. The second-order valence-electron chi connectivity index (χ2n) is 2.64. The van der Waals surface area contributed by atoms with Crippen LogP contribution in [0.1, 0.15) is 20.3 Å². The van der Waals surface area contributed by atoms with Crippen LogP contribution in [-0.4, -0.2) is 11.7 Å². The lowest BCUT2D eigenvalue weighted by molar-refractivity contribution is 0.296. The van der Waals surface area contributed by atoms with E-state index in [1.54, 1.807) is 18.6 Å². The van der Waals surface area contributed by atoms with Crippen LogP contribution >= 0.6 is 0 Å². The summed E-state index contributed by atoms with van der Waals surface area (Å²) in [7, 11) is 0. The summed E-state index contributed by atoms with van der Waals surface area (Å²) in [6.07, 6.45) is 5.62. The highest BCUT2D eigenvalue weighted by molar-refractivity contribution is 5.10. The van der Waals surface area contributed by atoms with Crippen molar-refractivity contribution in [1.82, 2.24) is 0 Å². The van der Waals surface area contributed by atoms with Gasteiger partial charge in [-0.25, -0.2) is 0 Å². The van der Waals surface area contributed by atoms with Gasteiger partial charge in [0.1, 0.15) is 0 Å². The van der Waals surface area contributed by atoms with Gasteiger partial charge in [0.2, 0.25) is 0 Å². The van der Waals surface area contributed by atoms with Crippen LogP contribution in [-0.2, 0) is 4.74 Å². The molecule has 0 aliphatic carbocycles. The van der Waals surface area contributed by atoms with Crippen molar-refractivity contribution in [2.75, 3.05) is 6.61 Å². The van der Waals surface area contributed by atoms with Crippen molar-refractivity contribution in [3.8, 4) is 0 Å². The van der Waals surface area contributed by atoms with Crippen LogP contribution in [0.5, 0.6) is 0 Å². The number of hydrogen-bond acceptors (Lipinski definition) is 2. The molecule has 0 aliphatic heterocycles. The van der Waals surface area contributed by atoms with Crippen LogP contribution in [0.25, 0.3) is 0 Å². The van der Waals surface area contributed by atoms with Crippen molar-refractivity contribution in [1.29, 1.82) is 0 Å². The van der Waals surface area contributed by atoms with Crippen molar-refractivity contribution in [3.63, 3.8) is 0 Å². The van der Waals surface area contributed by atoms with Gasteiger partial charge in [0.25, 0.3) is 0 Å². The van der Waals surface area contributed by atoms with Crippen LogP contribution in [0.3, 0.4) is 0 Å². The van der Waals surface area contributed by atoms with E-state index in [0.717, 1.165) is 11.1 Å². The van der Waals surface area contributed by atoms with Crippen LogP contribution in [0.4, 0.5) is 0 Å². The van der Waals surface area contributed by atoms with Gasteiger partial charge in [0, 0.05) is 6.61 Å². The minimum Gasteiger partial charge on any atom is -0.472 e. The Labute approximate surface area is 73.9 Å². The Morgan fingerprint density at radius 1 is 1.42 bits per heavy atom. The molecule has 0 aromatic heterocycles. The summed E-state index contributed by atoms with van der Waals surface area (Å²) in [6.45, 7) is 7.56. The molecule has 0 fully saturated rings. The first-order valence-electron chi connectivity index (χ1n) is 3.92. The normalized spacial score (nSPS) is 12.9. The maximum Gasteiger partial charge on any atom is 0.0930 e. The fourth-order valence-corrected chi connectivity index (χ4v) is 0.541. The SMILES string of the molecule is C=CC(C)=COC=C(C)CCO. The van der Waals surface area contributed by atoms with Crippen molar-refractivity contribution < 1.29 is 9.84 Å². The number of allylic oxidation sites excluding steroid dienone is 2. The average molecular weight is 168 g/mol. The largest absolute Gasteiger partial charge is 0.472 e. The molecule has 2 nitrogen and oxygen atoms in total. The quantitative estimate of drug-likeness (QED) is 0.504. The van der Waals surface area contributed by atoms with E-state index < -0.39 is 0 Å². The molecule has 2 heteroatoms. The Morgan fingerprint density at radius 3 is 2.58 bits per heavy atom. The molecule has 68 valence electrons. The van der Waals surface area contributed by atoms with E-state index in [2.05, 4.69) is 6.58 Å². The Kier molecular flexibility index (Phi) is 6.11. The molecule has 0 rings (SSSR count). The van der Waals surface area contributed by atoms with Crippen molar-refractivity contribution in [2.24, 2.45) is 0 Å². The Bertz CT molecular complexity index is 190. The van der Waals surface area contributed by atoms with Crippen LogP contribution in [0.15, 0.2) is 36.3 Å². The summed E-state index contributed by atoms with van der Waals surface area (Å²) in [5.74, 6) is 0. The lowest BCUT2D eigenvalue weighted by atomic mass is 10.2. The molecule has 0 aromatic carbocycles. The number of aliphatic hydroxyl groups excluding tert-OH is 1. The zero-order valence-corrected chi connectivity index (χ0v) is 7.71. The molecule has 1 N–H and O–H groups in total. The van der Waals surface area contributed by atoms with Gasteiger partial charge >= 0.3 is 0 Å². The van der Waals surface area contributed by atoms with E-state index in [9.17, 15) is 0 Å². The molecule has 12 heavy (non-hydrogen) atoms. The smallest absolute Gasteiger partial charge is 0.0930 e. The van der Waals surface area contributed by atoms with E-state index in [0.29, 0.717) is 6.42 Å². The van der Waals surface area contributed by atoms with Crippen molar-refractivity contribution in [3.05, 3.63) is 36.3 Å². The van der Waals surface area contributed by atoms with Gasteiger partial charge in [-0.3, -0.25) is 0 Å². The standard InChI is InChI=1S/C10H16O2/c1-4-9(2)7-12-8-10(3)5-6-11/h4,7-8,11H,1,5-6H2,2-3H3. The third-order valence-electron chi connectivity index (χ3n) is 1.35. The number of hydrogen-bond donors (Lipinski definition) is 1. The monoisotopic (exact) mass is 168 g/mol. The summed E-state index contributed by atoms with van der Waals surface area (Å²) in [4.78, 5) is 0. The van der Waals surface area contributed by atoms with Crippen LogP contribution < -0.4 is 0 Å². The highest BCUT2D eigenvalue weighted by Crippen LogP contribution is 2.00. The van der Waals surface area contributed by atoms with Crippen molar-refractivity contribution >= 4 is 0 Å². The molecule has 0 aliphatic rings. The average Bonchev–Trinajstić information content (AvgIpc) is 2.04. The maximum atomic E-state index is 8.56. The molecule has 0 atom stereocenters. The molecule has 0 saturated carbocycles. The first-order chi connectivity index (χ1) is 5.70. The number of aliphatic hydroxyl groups is 1. The van der Waals surface area contributed by atoms with Gasteiger partial charge in [0.15, 0.2) is 0 Å². The summed E-state index contributed by atoms with van der Waals surface area (Å²) in [5.41, 5.74) is 1.99. The Balaban J connectivity index is 3.80. The van der Waals surface area contributed by atoms with E-state index in [1.807, 2.05) is 13.8 Å². The molecular formula is C10H16O2. The molecule has 0 radical (unpaired) electrons. The second kappa shape index (κ2) is 6.68. The first-order valence-corrected chi connectivity index (χ1v) is 3.92. The second-order valence-corrected chi connectivity index (χ2v) is 2.64. The molecule has 0 spiro atoms. The minimum atomic E-state index is 0.163. The summed E-state index contributed by atoms with van der Waals surface area (Å²) >= 11 is 0. The molecule has 0 bridgehead atoms. The molecule has 0 unspecified atom stereocenters. The van der Waals surface area contributed by atoms with Gasteiger partial charge in [0.05, 0.1) is 12.5 Å². The summed E-state index contributed by atoms with van der Waals surface area (Å²) in [5, 5.41) is 8.56. The molecule has 0 aromatic rings. The zero-order valence-electron chi connectivity index (χ0n) is 7.71. The molecule has 0 heterocycles. The minimum absolute atomic E-state index is 0.163. The third kappa shape index (κ3) is 5.74. The van der Waals surface area contributed by atoms with Gasteiger partial charge < -0.3 is 9.84 Å². The van der Waals surface area contributed by atoms with Gasteiger partial charge in [-0.1, -0.05) is 12.7 Å². The van der Waals surface area contributed by atoms with Crippen LogP contribution in [0.2, 0.25) is 0 Å². The first kappa shape index (κ1) is 11.0. The third-order valence-corrected chi connectivity index (χ3v) is 1.35. The van der Waals surface area contributed by atoms with Crippen molar-refractivity contribution in [2.45, 2.75) is 20.3 Å². The topological polar surface area (TPSA) is 29.5 Å². The summed E-state index contributed by atoms with van der Waals surface area (Å²) < 4.78 is 5.09. The zero-order chi connectivity index (χ0) is 9.40. The van der Waals surface area contributed by atoms with Gasteiger partial charge in [-0.05, 0) is 31.4 Å². The predicted molar refractivity (Wildman–Crippen MR) is 50.5 cm³/mol. The van der Waals surface area contributed by atoms with E-state index in [1.165, 1.54) is 0 Å². The van der Waals surface area contributed by atoms with Crippen LogP contribution in [0, 0.1) is 0 Å². The number of ether oxygens (including phenoxy) is 1. The van der Waals surface area contributed by atoms with E-state index in [-0.39, 0.29) is 6.61 Å². The highest BCUT2D eigenvalue weighted by atomic mass is 16.5. The predicted octanol–water partition coefficient (Wildman–Crippen LogP) is 2.38. The maximum absolute atomic E-state index is 8.56. The lowest BCUT2D eigenvalue weighted by Gasteiger charge is -1.97. The number of rotatable bonds is 5. The van der Waals surface area contributed by atoms with E-state index in [4.69, 9.17) is 9.84 Å². The van der Waals surface area contributed by atoms with Gasteiger partial charge in [-0.15, -0.1) is 0 Å². The highest BCUT2D eigenvalue weighted by Gasteiger charge is 1.86. The lowest BCUT2D eigenvalue weighted by Crippen LogP contribution is -1.84. The van der Waals surface area contributed by atoms with Gasteiger partial charge in [-0.2, -0.15) is 0 Å².